The molecule has 5 heteroatoms. The Kier molecular flexibility index (Phi) is 4.88. The van der Waals surface area contributed by atoms with Crippen LogP contribution in [-0.2, 0) is 4.74 Å². The summed E-state index contributed by atoms with van der Waals surface area (Å²) in [6, 6.07) is 25.2. The molecule has 31 heavy (non-hydrogen) atoms. The smallest absolute Gasteiger partial charge is 0.340 e. The number of pyridine rings is 1. The molecular formula is C26H19NO3S. The number of hydrogen-bond donors (Lipinski definition) is 0. The highest BCUT2D eigenvalue weighted by atomic mass is 32.1. The van der Waals surface area contributed by atoms with Gasteiger partial charge in [-0.15, -0.1) is 11.3 Å². The summed E-state index contributed by atoms with van der Waals surface area (Å²) in [5.74, 6) is -0.542. The van der Waals surface area contributed by atoms with Gasteiger partial charge in [-0.25, -0.2) is 4.79 Å². The Balaban J connectivity index is 1.66. The molecular weight excluding hydrogens is 406 g/mol. The summed E-state index contributed by atoms with van der Waals surface area (Å²) in [5, 5.41) is 1.91. The number of aromatic nitrogens is 1. The molecule has 0 fully saturated rings. The fourth-order valence-electron chi connectivity index (χ4n) is 3.85. The molecule has 0 aliphatic carbocycles. The average Bonchev–Trinajstić information content (AvgIpc) is 3.45. The van der Waals surface area contributed by atoms with Gasteiger partial charge in [0, 0.05) is 16.5 Å². The number of nitrogens with zero attached hydrogens (tertiary/aromatic N) is 1. The van der Waals surface area contributed by atoms with Crippen molar-refractivity contribution in [3.8, 4) is 10.4 Å². The van der Waals surface area contributed by atoms with Crippen LogP contribution in [0.1, 0.15) is 32.6 Å². The molecule has 0 atom stereocenters. The van der Waals surface area contributed by atoms with Crippen LogP contribution < -0.4 is 0 Å². The second kappa shape index (κ2) is 7.85. The van der Waals surface area contributed by atoms with Crippen molar-refractivity contribution >= 4 is 39.4 Å². The molecule has 4 nitrogen and oxygen atoms in total. The van der Waals surface area contributed by atoms with Crippen molar-refractivity contribution < 1.29 is 14.3 Å². The van der Waals surface area contributed by atoms with Crippen molar-refractivity contribution in [1.29, 1.82) is 0 Å². The van der Waals surface area contributed by atoms with Gasteiger partial charge in [0.2, 0.25) is 5.78 Å². The first-order chi connectivity index (χ1) is 15.2. The molecule has 0 spiro atoms. The SMILES string of the molecule is CCOC(=O)c1cc(C(=O)c2ccc(-c3ccccc3)s2)n2ccc3ccccc3c12. The molecule has 5 aromatic rings. The number of fused-ring (bicyclic) bond motifs is 3. The van der Waals surface area contributed by atoms with Crippen LogP contribution in [0.4, 0.5) is 0 Å². The number of ether oxygens (including phenoxy) is 1. The zero-order valence-corrected chi connectivity index (χ0v) is 17.7. The largest absolute Gasteiger partial charge is 0.462 e. The highest BCUT2D eigenvalue weighted by Crippen LogP contribution is 2.32. The molecule has 2 aromatic carbocycles. The van der Waals surface area contributed by atoms with Crippen LogP contribution in [0.3, 0.4) is 0 Å². The Hall–Kier alpha value is -3.70. The molecule has 5 rings (SSSR count). The van der Waals surface area contributed by atoms with E-state index in [1.165, 1.54) is 11.3 Å². The van der Waals surface area contributed by atoms with Crippen LogP contribution in [0.2, 0.25) is 0 Å². The average molecular weight is 426 g/mol. The predicted molar refractivity (Wildman–Crippen MR) is 124 cm³/mol. The van der Waals surface area contributed by atoms with Gasteiger partial charge in [-0.05, 0) is 42.1 Å². The third kappa shape index (κ3) is 3.33. The second-order valence-electron chi connectivity index (χ2n) is 7.14. The third-order valence-electron chi connectivity index (χ3n) is 5.27. The summed E-state index contributed by atoms with van der Waals surface area (Å²) in [4.78, 5) is 27.8. The van der Waals surface area contributed by atoms with Crippen molar-refractivity contribution in [3.63, 3.8) is 0 Å². The topological polar surface area (TPSA) is 47.8 Å². The third-order valence-corrected chi connectivity index (χ3v) is 6.40. The molecule has 0 saturated carbocycles. The maximum atomic E-state index is 13.5. The van der Waals surface area contributed by atoms with E-state index in [1.807, 2.05) is 79.0 Å². The number of esters is 1. The molecule has 0 radical (unpaired) electrons. The standard InChI is InChI=1S/C26H19NO3S/c1-2-30-26(29)20-16-21(27-15-14-17-8-6-7-11-19(17)24(20)27)25(28)23-13-12-22(31-23)18-9-4-3-5-10-18/h3-16H,2H2,1H3. The summed E-state index contributed by atoms with van der Waals surface area (Å²) >= 11 is 1.45. The monoisotopic (exact) mass is 425 g/mol. The summed E-state index contributed by atoms with van der Waals surface area (Å²) in [6.07, 6.45) is 1.85. The van der Waals surface area contributed by atoms with Gasteiger partial charge in [0.05, 0.1) is 28.3 Å². The number of thiophene rings is 1. The molecule has 0 aliphatic rings. The van der Waals surface area contributed by atoms with Gasteiger partial charge in [-0.2, -0.15) is 0 Å². The normalized spacial score (nSPS) is 11.1. The fraction of sp³-hybridized carbons (Fsp3) is 0.0769. The lowest BCUT2D eigenvalue weighted by atomic mass is 10.1. The fourth-order valence-corrected chi connectivity index (χ4v) is 4.81. The minimum absolute atomic E-state index is 0.118. The van der Waals surface area contributed by atoms with Gasteiger partial charge < -0.3 is 9.14 Å². The minimum atomic E-state index is -0.424. The maximum absolute atomic E-state index is 13.5. The first-order valence-electron chi connectivity index (χ1n) is 10.1. The minimum Gasteiger partial charge on any atom is -0.462 e. The Morgan fingerprint density at radius 3 is 2.52 bits per heavy atom. The maximum Gasteiger partial charge on any atom is 0.340 e. The quantitative estimate of drug-likeness (QED) is 0.248. The van der Waals surface area contributed by atoms with E-state index in [9.17, 15) is 9.59 Å². The van der Waals surface area contributed by atoms with Crippen LogP contribution in [0.25, 0.3) is 26.7 Å². The Morgan fingerprint density at radius 2 is 1.71 bits per heavy atom. The summed E-state index contributed by atoms with van der Waals surface area (Å²) < 4.78 is 7.09. The molecule has 0 N–H and O–H groups in total. The number of ketones is 1. The van der Waals surface area contributed by atoms with Crippen molar-refractivity contribution in [2.45, 2.75) is 6.92 Å². The first-order valence-corrected chi connectivity index (χ1v) is 10.9. The van der Waals surface area contributed by atoms with E-state index in [4.69, 9.17) is 4.74 Å². The van der Waals surface area contributed by atoms with E-state index >= 15 is 0 Å². The first kappa shape index (κ1) is 19.3. The Labute approximate surface area is 183 Å². The zero-order valence-electron chi connectivity index (χ0n) is 16.9. The highest BCUT2D eigenvalue weighted by Gasteiger charge is 2.23. The van der Waals surface area contributed by atoms with E-state index < -0.39 is 5.97 Å². The van der Waals surface area contributed by atoms with E-state index in [0.717, 1.165) is 21.2 Å². The van der Waals surface area contributed by atoms with Crippen LogP contribution >= 0.6 is 11.3 Å². The Bertz CT molecular complexity index is 1430. The number of hydrogen-bond acceptors (Lipinski definition) is 4. The molecule has 152 valence electrons. The summed E-state index contributed by atoms with van der Waals surface area (Å²) in [5.41, 5.74) is 2.62. The lowest BCUT2D eigenvalue weighted by molar-refractivity contribution is 0.0529. The van der Waals surface area contributed by atoms with Crippen molar-refractivity contribution in [2.24, 2.45) is 0 Å². The molecule has 3 aromatic heterocycles. The molecule has 0 amide bonds. The molecule has 0 saturated heterocycles. The highest BCUT2D eigenvalue weighted by molar-refractivity contribution is 7.17. The summed E-state index contributed by atoms with van der Waals surface area (Å²) in [6.45, 7) is 2.05. The number of rotatable bonds is 5. The number of carbonyl (C=O) groups is 2. The summed E-state index contributed by atoms with van der Waals surface area (Å²) in [7, 11) is 0. The number of carbonyl (C=O) groups excluding carboxylic acids is 2. The van der Waals surface area contributed by atoms with E-state index in [2.05, 4.69) is 0 Å². The lowest BCUT2D eigenvalue weighted by Crippen LogP contribution is -2.04. The number of benzene rings is 2. The van der Waals surface area contributed by atoms with Gasteiger partial charge >= 0.3 is 5.97 Å². The second-order valence-corrected chi connectivity index (χ2v) is 8.23. The van der Waals surface area contributed by atoms with Crippen molar-refractivity contribution in [1.82, 2.24) is 4.40 Å². The van der Waals surface area contributed by atoms with Gasteiger partial charge in [-0.3, -0.25) is 4.79 Å². The van der Waals surface area contributed by atoms with Crippen LogP contribution in [-0.4, -0.2) is 22.8 Å². The predicted octanol–water partition coefficient (Wildman–Crippen LogP) is 6.23. The van der Waals surface area contributed by atoms with Crippen LogP contribution in [0.5, 0.6) is 0 Å². The van der Waals surface area contributed by atoms with Gasteiger partial charge in [0.25, 0.3) is 0 Å². The molecule has 3 heterocycles. The van der Waals surface area contributed by atoms with Crippen LogP contribution in [0.15, 0.2) is 85.1 Å². The van der Waals surface area contributed by atoms with Gasteiger partial charge in [0.1, 0.15) is 0 Å². The molecule has 0 unspecified atom stereocenters. The van der Waals surface area contributed by atoms with Crippen molar-refractivity contribution in [3.05, 3.63) is 101 Å². The van der Waals surface area contributed by atoms with Gasteiger partial charge in [0.15, 0.2) is 0 Å². The molecule has 0 bridgehead atoms. The van der Waals surface area contributed by atoms with Gasteiger partial charge in [-0.1, -0.05) is 54.6 Å². The molecule has 0 aliphatic heterocycles. The Morgan fingerprint density at radius 1 is 0.935 bits per heavy atom. The van der Waals surface area contributed by atoms with E-state index in [1.54, 1.807) is 17.4 Å². The zero-order chi connectivity index (χ0) is 21.4. The van der Waals surface area contributed by atoms with Crippen molar-refractivity contribution in [2.75, 3.05) is 6.61 Å². The van der Waals surface area contributed by atoms with Crippen LogP contribution in [0, 0.1) is 0 Å². The van der Waals surface area contributed by atoms with E-state index in [0.29, 0.717) is 21.7 Å². The van der Waals surface area contributed by atoms with E-state index in [-0.39, 0.29) is 12.4 Å². The lowest BCUT2D eigenvalue weighted by Gasteiger charge is -2.06.